The quantitative estimate of drug-likeness (QED) is 0.815. The van der Waals surface area contributed by atoms with E-state index in [1.165, 1.54) is 0 Å². The van der Waals surface area contributed by atoms with Gasteiger partial charge in [0.1, 0.15) is 0 Å². The lowest BCUT2D eigenvalue weighted by Gasteiger charge is -2.30. The van der Waals surface area contributed by atoms with E-state index >= 15 is 0 Å². The predicted octanol–water partition coefficient (Wildman–Crippen LogP) is 1.95. The Morgan fingerprint density at radius 2 is 1.63 bits per heavy atom. The van der Waals surface area contributed by atoms with Crippen LogP contribution in [0, 0.1) is 0 Å². The third kappa shape index (κ3) is 3.14. The lowest BCUT2D eigenvalue weighted by molar-refractivity contribution is 0.0420. The topological polar surface area (TPSA) is 38.8 Å². The summed E-state index contributed by atoms with van der Waals surface area (Å²) in [4.78, 5) is 14.6. The maximum absolute atomic E-state index is 12.6. The molecule has 1 amide bonds. The van der Waals surface area contributed by atoms with Crippen LogP contribution in [0.1, 0.15) is 23.2 Å². The fraction of sp³-hybridized carbons (Fsp3) is 0.533. The highest BCUT2D eigenvalue weighted by Crippen LogP contribution is 2.26. The van der Waals surface area contributed by atoms with Crippen LogP contribution in [0.4, 0.5) is 0 Å². The van der Waals surface area contributed by atoms with Crippen LogP contribution in [0.2, 0.25) is 0 Å². The average Bonchev–Trinajstić information content (AvgIpc) is 2.83. The van der Waals surface area contributed by atoms with Crippen LogP contribution in [0.5, 0.6) is 0 Å². The number of carbonyl (C=O) groups excluding carboxylic acids is 1. The number of likely N-dealkylation sites (tertiary alicyclic amines) is 1. The van der Waals surface area contributed by atoms with Crippen molar-refractivity contribution >= 4 is 5.91 Å². The molecule has 2 atom stereocenters. The Kier molecular flexibility index (Phi) is 4.93. The Balaban J connectivity index is 2.18. The summed E-state index contributed by atoms with van der Waals surface area (Å²) in [6.07, 6.45) is 1.95. The normalized spacial score (nSPS) is 22.7. The van der Waals surface area contributed by atoms with Gasteiger partial charge in [0.05, 0.1) is 25.3 Å². The lowest BCUT2D eigenvalue weighted by atomic mass is 10.1. The van der Waals surface area contributed by atoms with E-state index in [1.54, 1.807) is 14.2 Å². The first-order chi connectivity index (χ1) is 9.27. The van der Waals surface area contributed by atoms with E-state index in [1.807, 2.05) is 35.2 Å². The second kappa shape index (κ2) is 6.68. The molecule has 0 spiro atoms. The van der Waals surface area contributed by atoms with Crippen LogP contribution in [0.15, 0.2) is 30.3 Å². The summed E-state index contributed by atoms with van der Waals surface area (Å²) >= 11 is 0. The van der Waals surface area contributed by atoms with Crippen LogP contribution >= 0.6 is 0 Å². The van der Waals surface area contributed by atoms with Gasteiger partial charge in [-0.1, -0.05) is 18.2 Å². The van der Waals surface area contributed by atoms with Crippen LogP contribution in [0.3, 0.4) is 0 Å². The van der Waals surface area contributed by atoms with Crippen molar-refractivity contribution in [2.24, 2.45) is 0 Å². The molecule has 1 aromatic rings. The van der Waals surface area contributed by atoms with Gasteiger partial charge in [-0.25, -0.2) is 0 Å². The van der Waals surface area contributed by atoms with Gasteiger partial charge in [-0.3, -0.25) is 4.79 Å². The Labute approximate surface area is 114 Å². The molecule has 1 aliphatic heterocycles. The molecular formula is C15H21NO3. The molecule has 0 unspecified atom stereocenters. The molecule has 4 heteroatoms. The molecule has 0 N–H and O–H groups in total. The second-order valence-corrected chi connectivity index (χ2v) is 4.87. The first kappa shape index (κ1) is 14.0. The third-order valence-electron chi connectivity index (χ3n) is 3.59. The smallest absolute Gasteiger partial charge is 0.254 e. The minimum absolute atomic E-state index is 0.0715. The third-order valence-corrected chi connectivity index (χ3v) is 3.59. The van der Waals surface area contributed by atoms with Gasteiger partial charge in [0.2, 0.25) is 0 Å². The molecule has 104 valence electrons. The Morgan fingerprint density at radius 1 is 1.11 bits per heavy atom. The minimum Gasteiger partial charge on any atom is -0.383 e. The van der Waals surface area contributed by atoms with Crippen molar-refractivity contribution < 1.29 is 14.3 Å². The molecule has 2 rings (SSSR count). The Hall–Kier alpha value is -1.39. The highest BCUT2D eigenvalue weighted by atomic mass is 16.5. The number of methoxy groups -OCH3 is 2. The number of ether oxygens (including phenoxy) is 2. The molecule has 19 heavy (non-hydrogen) atoms. The maximum Gasteiger partial charge on any atom is 0.254 e. The molecule has 0 aliphatic carbocycles. The fourth-order valence-corrected chi connectivity index (χ4v) is 2.73. The number of rotatable bonds is 5. The monoisotopic (exact) mass is 263 g/mol. The van der Waals surface area contributed by atoms with Gasteiger partial charge in [-0.05, 0) is 25.0 Å². The van der Waals surface area contributed by atoms with Crippen molar-refractivity contribution in [3.8, 4) is 0 Å². The first-order valence-electron chi connectivity index (χ1n) is 6.63. The molecule has 1 aliphatic rings. The minimum atomic E-state index is 0.0715. The molecule has 4 nitrogen and oxygen atoms in total. The fourth-order valence-electron chi connectivity index (χ4n) is 2.73. The number of benzene rings is 1. The zero-order valence-corrected chi connectivity index (χ0v) is 11.5. The van der Waals surface area contributed by atoms with Crippen molar-refractivity contribution in [3.63, 3.8) is 0 Å². The van der Waals surface area contributed by atoms with E-state index < -0.39 is 0 Å². The highest BCUT2D eigenvalue weighted by Gasteiger charge is 2.37. The lowest BCUT2D eigenvalue weighted by Crippen LogP contribution is -2.44. The molecule has 0 bridgehead atoms. The summed E-state index contributed by atoms with van der Waals surface area (Å²) in [5.74, 6) is 0.0715. The Bertz CT molecular complexity index is 393. The average molecular weight is 263 g/mol. The molecule has 0 radical (unpaired) electrons. The van der Waals surface area contributed by atoms with Crippen molar-refractivity contribution in [1.82, 2.24) is 4.90 Å². The van der Waals surface area contributed by atoms with Gasteiger partial charge in [0.15, 0.2) is 0 Å². The van der Waals surface area contributed by atoms with E-state index in [9.17, 15) is 4.79 Å². The summed E-state index contributed by atoms with van der Waals surface area (Å²) < 4.78 is 10.5. The van der Waals surface area contributed by atoms with Crippen LogP contribution < -0.4 is 0 Å². The van der Waals surface area contributed by atoms with Gasteiger partial charge in [0.25, 0.3) is 5.91 Å². The highest BCUT2D eigenvalue weighted by molar-refractivity contribution is 5.94. The van der Waals surface area contributed by atoms with Crippen LogP contribution in [-0.4, -0.2) is 50.3 Å². The summed E-state index contributed by atoms with van der Waals surface area (Å²) in [6.45, 7) is 1.16. The van der Waals surface area contributed by atoms with Gasteiger partial charge < -0.3 is 14.4 Å². The molecule has 1 heterocycles. The molecular weight excluding hydrogens is 242 g/mol. The molecule has 0 saturated carbocycles. The van der Waals surface area contributed by atoms with Crippen molar-refractivity contribution in [2.75, 3.05) is 27.4 Å². The zero-order chi connectivity index (χ0) is 13.7. The molecule has 1 aromatic carbocycles. The first-order valence-corrected chi connectivity index (χ1v) is 6.63. The number of nitrogens with zero attached hydrogens (tertiary/aromatic N) is 1. The van der Waals surface area contributed by atoms with Gasteiger partial charge in [-0.2, -0.15) is 0 Å². The van der Waals surface area contributed by atoms with E-state index in [4.69, 9.17) is 9.47 Å². The summed E-state index contributed by atoms with van der Waals surface area (Å²) in [6, 6.07) is 9.71. The largest absolute Gasteiger partial charge is 0.383 e. The van der Waals surface area contributed by atoms with E-state index in [2.05, 4.69) is 0 Å². The van der Waals surface area contributed by atoms with Crippen molar-refractivity contribution in [2.45, 2.75) is 24.9 Å². The molecule has 1 saturated heterocycles. The zero-order valence-electron chi connectivity index (χ0n) is 11.5. The summed E-state index contributed by atoms with van der Waals surface area (Å²) in [5.41, 5.74) is 0.728. The standard InChI is InChI=1S/C15H21NO3/c1-18-10-13-8-9-14(11-19-2)16(13)15(17)12-6-4-3-5-7-12/h3-7,13-14H,8-11H2,1-2H3/t13-,14-/m1/s1. The van der Waals surface area contributed by atoms with Gasteiger partial charge >= 0.3 is 0 Å². The predicted molar refractivity (Wildman–Crippen MR) is 73.2 cm³/mol. The second-order valence-electron chi connectivity index (χ2n) is 4.87. The van der Waals surface area contributed by atoms with E-state index in [0.717, 1.165) is 18.4 Å². The van der Waals surface area contributed by atoms with Crippen LogP contribution in [0.25, 0.3) is 0 Å². The number of hydrogen-bond donors (Lipinski definition) is 0. The SMILES string of the molecule is COC[C@H]1CC[C@H](COC)N1C(=O)c1ccccc1. The summed E-state index contributed by atoms with van der Waals surface area (Å²) in [5, 5.41) is 0. The summed E-state index contributed by atoms with van der Waals surface area (Å²) in [7, 11) is 3.35. The molecule has 1 fully saturated rings. The van der Waals surface area contributed by atoms with E-state index in [0.29, 0.717) is 13.2 Å². The molecule has 0 aromatic heterocycles. The van der Waals surface area contributed by atoms with Crippen LogP contribution in [-0.2, 0) is 9.47 Å². The van der Waals surface area contributed by atoms with Crippen molar-refractivity contribution in [1.29, 1.82) is 0 Å². The Morgan fingerprint density at radius 3 is 2.11 bits per heavy atom. The van der Waals surface area contributed by atoms with E-state index in [-0.39, 0.29) is 18.0 Å². The number of hydrogen-bond acceptors (Lipinski definition) is 3. The number of carbonyl (C=O) groups is 1. The maximum atomic E-state index is 12.6. The van der Waals surface area contributed by atoms with Crippen molar-refractivity contribution in [3.05, 3.63) is 35.9 Å². The van der Waals surface area contributed by atoms with Gasteiger partial charge in [-0.15, -0.1) is 0 Å². The number of amides is 1. The van der Waals surface area contributed by atoms with Gasteiger partial charge in [0, 0.05) is 19.8 Å².